The average molecular weight is 267 g/mol. The van der Waals surface area contributed by atoms with Crippen LogP contribution >= 0.6 is 0 Å². The van der Waals surface area contributed by atoms with Crippen molar-refractivity contribution in [1.82, 2.24) is 9.88 Å². The zero-order chi connectivity index (χ0) is 14.4. The van der Waals surface area contributed by atoms with Crippen LogP contribution in [0.3, 0.4) is 0 Å². The minimum Gasteiger partial charge on any atom is -0.368 e. The molecule has 1 atom stereocenters. The van der Waals surface area contributed by atoms with Crippen LogP contribution in [0.4, 0.5) is 10.2 Å². The van der Waals surface area contributed by atoms with Crippen molar-refractivity contribution in [2.24, 2.45) is 0 Å². The fourth-order valence-corrected chi connectivity index (χ4v) is 1.93. The predicted molar refractivity (Wildman–Crippen MR) is 74.8 cm³/mol. The summed E-state index contributed by atoms with van der Waals surface area (Å²) in [6, 6.07) is 1.52. The van der Waals surface area contributed by atoms with E-state index < -0.39 is 5.82 Å². The highest BCUT2D eigenvalue weighted by molar-refractivity contribution is 5.95. The van der Waals surface area contributed by atoms with Crippen molar-refractivity contribution in [3.8, 4) is 0 Å². The van der Waals surface area contributed by atoms with Gasteiger partial charge >= 0.3 is 0 Å². The van der Waals surface area contributed by atoms with E-state index in [1.807, 2.05) is 27.7 Å². The van der Waals surface area contributed by atoms with Gasteiger partial charge in [-0.3, -0.25) is 4.79 Å². The van der Waals surface area contributed by atoms with Gasteiger partial charge in [0.1, 0.15) is 0 Å². The van der Waals surface area contributed by atoms with E-state index in [0.29, 0.717) is 13.1 Å². The van der Waals surface area contributed by atoms with Crippen LogP contribution in [-0.4, -0.2) is 34.9 Å². The molecular formula is C14H22FN3O. The second-order valence-corrected chi connectivity index (χ2v) is 4.40. The standard InChI is InChI=1S/C14H22FN3O/c1-5-10(4)18(7-3)14(19)11-8-9-17-13(12(11)15)16-6-2/h8-10H,5-7H2,1-4H3,(H,16,17). The lowest BCUT2D eigenvalue weighted by Gasteiger charge is -2.27. The molecule has 1 amide bonds. The monoisotopic (exact) mass is 267 g/mol. The Morgan fingerprint density at radius 1 is 1.47 bits per heavy atom. The molecule has 1 heterocycles. The Kier molecular flexibility index (Phi) is 5.73. The molecule has 106 valence electrons. The van der Waals surface area contributed by atoms with Gasteiger partial charge in [-0.1, -0.05) is 6.92 Å². The molecule has 0 spiro atoms. The Hall–Kier alpha value is -1.65. The van der Waals surface area contributed by atoms with Gasteiger partial charge in [-0.25, -0.2) is 9.37 Å². The van der Waals surface area contributed by atoms with E-state index in [0.717, 1.165) is 6.42 Å². The first kappa shape index (κ1) is 15.4. The maximum Gasteiger partial charge on any atom is 0.257 e. The van der Waals surface area contributed by atoms with E-state index in [9.17, 15) is 9.18 Å². The van der Waals surface area contributed by atoms with Crippen LogP contribution in [0.5, 0.6) is 0 Å². The Labute approximate surface area is 114 Å². The predicted octanol–water partition coefficient (Wildman–Crippen LogP) is 2.91. The summed E-state index contributed by atoms with van der Waals surface area (Å²) in [4.78, 5) is 18.0. The number of pyridine rings is 1. The fourth-order valence-electron chi connectivity index (χ4n) is 1.93. The van der Waals surface area contributed by atoms with E-state index in [4.69, 9.17) is 0 Å². The maximum atomic E-state index is 14.2. The second-order valence-electron chi connectivity index (χ2n) is 4.40. The zero-order valence-corrected chi connectivity index (χ0v) is 12.0. The topological polar surface area (TPSA) is 45.2 Å². The van der Waals surface area contributed by atoms with Crippen LogP contribution in [-0.2, 0) is 0 Å². The molecule has 0 aliphatic carbocycles. The number of amides is 1. The van der Waals surface area contributed by atoms with Crippen LogP contribution in [0.15, 0.2) is 12.3 Å². The molecule has 0 aliphatic heterocycles. The number of rotatable bonds is 6. The minimum atomic E-state index is -0.573. The van der Waals surface area contributed by atoms with Gasteiger partial charge in [0, 0.05) is 25.3 Å². The molecule has 0 bridgehead atoms. The SMILES string of the molecule is CCNc1nccc(C(=O)N(CC)C(C)CC)c1F. The van der Waals surface area contributed by atoms with Gasteiger partial charge in [0.15, 0.2) is 11.6 Å². The molecule has 0 fully saturated rings. The molecule has 0 saturated carbocycles. The Morgan fingerprint density at radius 3 is 2.68 bits per heavy atom. The fraction of sp³-hybridized carbons (Fsp3) is 0.571. The van der Waals surface area contributed by atoms with Gasteiger partial charge in [-0.05, 0) is 33.3 Å². The number of nitrogens with zero attached hydrogens (tertiary/aromatic N) is 2. The largest absolute Gasteiger partial charge is 0.368 e. The Balaban J connectivity index is 3.08. The summed E-state index contributed by atoms with van der Waals surface area (Å²) in [7, 11) is 0. The summed E-state index contributed by atoms with van der Waals surface area (Å²) in [5.74, 6) is -0.722. The molecule has 0 aliphatic rings. The molecule has 0 aromatic carbocycles. The smallest absolute Gasteiger partial charge is 0.257 e. The molecular weight excluding hydrogens is 245 g/mol. The quantitative estimate of drug-likeness (QED) is 0.862. The molecule has 0 saturated heterocycles. The van der Waals surface area contributed by atoms with Crippen LogP contribution in [0.1, 0.15) is 44.5 Å². The lowest BCUT2D eigenvalue weighted by molar-refractivity contribution is 0.0695. The third-order valence-corrected chi connectivity index (χ3v) is 3.19. The number of nitrogens with one attached hydrogen (secondary N) is 1. The van der Waals surface area contributed by atoms with Gasteiger partial charge in [0.2, 0.25) is 0 Å². The van der Waals surface area contributed by atoms with E-state index in [1.54, 1.807) is 4.90 Å². The number of carbonyl (C=O) groups excluding carboxylic acids is 1. The molecule has 1 N–H and O–H groups in total. The third kappa shape index (κ3) is 3.43. The normalized spacial score (nSPS) is 12.1. The molecule has 0 radical (unpaired) electrons. The summed E-state index contributed by atoms with van der Waals surface area (Å²) >= 11 is 0. The lowest BCUT2D eigenvalue weighted by atomic mass is 10.1. The number of anilines is 1. The first-order valence-corrected chi connectivity index (χ1v) is 6.76. The highest BCUT2D eigenvalue weighted by Crippen LogP contribution is 2.18. The van der Waals surface area contributed by atoms with Crippen molar-refractivity contribution in [2.45, 2.75) is 40.2 Å². The van der Waals surface area contributed by atoms with Gasteiger partial charge in [0.05, 0.1) is 5.56 Å². The summed E-state index contributed by atoms with van der Waals surface area (Å²) in [5.41, 5.74) is 0.0769. The zero-order valence-electron chi connectivity index (χ0n) is 12.0. The number of hydrogen-bond acceptors (Lipinski definition) is 3. The number of carbonyl (C=O) groups is 1. The van der Waals surface area contributed by atoms with Crippen molar-refractivity contribution in [3.05, 3.63) is 23.6 Å². The summed E-state index contributed by atoms with van der Waals surface area (Å²) in [5, 5.41) is 2.81. The first-order valence-electron chi connectivity index (χ1n) is 6.76. The average Bonchev–Trinajstić information content (AvgIpc) is 2.41. The van der Waals surface area contributed by atoms with Crippen molar-refractivity contribution in [1.29, 1.82) is 0 Å². The van der Waals surface area contributed by atoms with E-state index >= 15 is 0 Å². The van der Waals surface area contributed by atoms with Crippen molar-refractivity contribution in [2.75, 3.05) is 18.4 Å². The van der Waals surface area contributed by atoms with Gasteiger partial charge in [0.25, 0.3) is 5.91 Å². The van der Waals surface area contributed by atoms with E-state index in [1.165, 1.54) is 12.3 Å². The number of halogens is 1. The molecule has 1 aromatic heterocycles. The number of aromatic nitrogens is 1. The molecule has 1 rings (SSSR count). The Bertz CT molecular complexity index is 437. The lowest BCUT2D eigenvalue weighted by Crippen LogP contribution is -2.38. The minimum absolute atomic E-state index is 0.0769. The highest BCUT2D eigenvalue weighted by atomic mass is 19.1. The molecule has 4 nitrogen and oxygen atoms in total. The van der Waals surface area contributed by atoms with E-state index in [2.05, 4.69) is 10.3 Å². The van der Waals surface area contributed by atoms with Crippen molar-refractivity contribution < 1.29 is 9.18 Å². The highest BCUT2D eigenvalue weighted by Gasteiger charge is 2.23. The van der Waals surface area contributed by atoms with Gasteiger partial charge < -0.3 is 10.2 Å². The third-order valence-electron chi connectivity index (χ3n) is 3.19. The molecule has 1 aromatic rings. The van der Waals surface area contributed by atoms with Crippen LogP contribution < -0.4 is 5.32 Å². The van der Waals surface area contributed by atoms with Gasteiger partial charge in [-0.15, -0.1) is 0 Å². The second kappa shape index (κ2) is 7.07. The van der Waals surface area contributed by atoms with Gasteiger partial charge in [-0.2, -0.15) is 0 Å². The van der Waals surface area contributed by atoms with Crippen LogP contribution in [0.2, 0.25) is 0 Å². The molecule has 1 unspecified atom stereocenters. The molecule has 5 heteroatoms. The first-order chi connectivity index (χ1) is 9.06. The molecule has 19 heavy (non-hydrogen) atoms. The van der Waals surface area contributed by atoms with Crippen LogP contribution in [0.25, 0.3) is 0 Å². The summed E-state index contributed by atoms with van der Waals surface area (Å²) in [6.45, 7) is 8.84. The van der Waals surface area contributed by atoms with Crippen molar-refractivity contribution in [3.63, 3.8) is 0 Å². The van der Waals surface area contributed by atoms with Crippen LogP contribution in [0, 0.1) is 5.82 Å². The Morgan fingerprint density at radius 2 is 2.16 bits per heavy atom. The maximum absolute atomic E-state index is 14.2. The summed E-state index contributed by atoms with van der Waals surface area (Å²) < 4.78 is 14.2. The number of hydrogen-bond donors (Lipinski definition) is 1. The summed E-state index contributed by atoms with van der Waals surface area (Å²) in [6.07, 6.45) is 2.30. The van der Waals surface area contributed by atoms with E-state index in [-0.39, 0.29) is 23.3 Å². The van der Waals surface area contributed by atoms with Crippen molar-refractivity contribution >= 4 is 11.7 Å².